The lowest BCUT2D eigenvalue weighted by atomic mass is 9.89. The van der Waals surface area contributed by atoms with E-state index in [-0.39, 0.29) is 18.3 Å². The largest absolute Gasteiger partial charge is 0.487 e. The fourth-order valence-electron chi connectivity index (χ4n) is 2.71. The maximum absolute atomic E-state index is 5.98. The van der Waals surface area contributed by atoms with E-state index in [9.17, 15) is 0 Å². The SMILES string of the molecule is CCCCCCc1ccc(/C=C/B2OC(C)(C)C(C)(C)O2)cc1. The van der Waals surface area contributed by atoms with Gasteiger partial charge >= 0.3 is 7.12 Å². The molecule has 0 unspecified atom stereocenters. The highest BCUT2D eigenvalue weighted by Gasteiger charge is 2.49. The summed E-state index contributed by atoms with van der Waals surface area (Å²) in [6.45, 7) is 10.6. The van der Waals surface area contributed by atoms with Crippen LogP contribution in [0.25, 0.3) is 6.08 Å². The van der Waals surface area contributed by atoms with Crippen LogP contribution in [0.2, 0.25) is 0 Å². The minimum Gasteiger partial charge on any atom is -0.400 e. The van der Waals surface area contributed by atoms with Crippen LogP contribution in [-0.4, -0.2) is 18.3 Å². The predicted octanol–water partition coefficient (Wildman–Crippen LogP) is 5.45. The maximum Gasteiger partial charge on any atom is 0.487 e. The zero-order valence-electron chi connectivity index (χ0n) is 15.4. The van der Waals surface area contributed by atoms with Crippen molar-refractivity contribution in [1.82, 2.24) is 0 Å². The first-order valence-electron chi connectivity index (χ1n) is 8.97. The summed E-state index contributed by atoms with van der Waals surface area (Å²) < 4.78 is 12.0. The Morgan fingerprint density at radius 1 is 0.913 bits per heavy atom. The molecule has 1 fully saturated rings. The first-order chi connectivity index (χ1) is 10.8. The molecule has 0 atom stereocenters. The molecule has 0 amide bonds. The number of aryl methyl sites for hydroxylation is 1. The second-order valence-electron chi connectivity index (χ2n) is 7.54. The molecule has 0 aliphatic carbocycles. The molecule has 1 aliphatic heterocycles. The van der Waals surface area contributed by atoms with Gasteiger partial charge in [-0.25, -0.2) is 0 Å². The Bertz CT molecular complexity index is 501. The fourth-order valence-corrected chi connectivity index (χ4v) is 2.71. The van der Waals surface area contributed by atoms with Crippen LogP contribution in [0.15, 0.2) is 30.2 Å². The van der Waals surface area contributed by atoms with Crippen molar-refractivity contribution in [2.45, 2.75) is 77.9 Å². The van der Waals surface area contributed by atoms with Crippen LogP contribution in [0, 0.1) is 0 Å². The Balaban J connectivity index is 1.86. The third kappa shape index (κ3) is 4.96. The third-order valence-electron chi connectivity index (χ3n) is 5.02. The standard InChI is InChI=1S/C20H31BO2/c1-6-7-8-9-10-17-11-13-18(14-12-17)15-16-21-22-19(2,3)20(4,5)23-21/h11-16H,6-10H2,1-5H3/b16-15+. The Labute approximate surface area is 142 Å². The molecule has 23 heavy (non-hydrogen) atoms. The summed E-state index contributed by atoms with van der Waals surface area (Å²) in [5, 5.41) is 0. The van der Waals surface area contributed by atoms with Gasteiger partial charge in [-0.15, -0.1) is 0 Å². The summed E-state index contributed by atoms with van der Waals surface area (Å²) >= 11 is 0. The van der Waals surface area contributed by atoms with Crippen LogP contribution in [-0.2, 0) is 15.7 Å². The van der Waals surface area contributed by atoms with Crippen LogP contribution in [0.5, 0.6) is 0 Å². The average molecular weight is 314 g/mol. The van der Waals surface area contributed by atoms with E-state index in [1.54, 1.807) is 0 Å². The first-order valence-corrected chi connectivity index (χ1v) is 8.97. The average Bonchev–Trinajstić information content (AvgIpc) is 2.70. The zero-order valence-corrected chi connectivity index (χ0v) is 15.4. The minimum absolute atomic E-state index is 0.270. The van der Waals surface area contributed by atoms with E-state index < -0.39 is 0 Å². The van der Waals surface area contributed by atoms with Crippen molar-refractivity contribution in [1.29, 1.82) is 0 Å². The van der Waals surface area contributed by atoms with Gasteiger partial charge in [-0.05, 0) is 51.7 Å². The number of benzene rings is 1. The third-order valence-corrected chi connectivity index (χ3v) is 5.02. The van der Waals surface area contributed by atoms with Crippen molar-refractivity contribution < 1.29 is 9.31 Å². The van der Waals surface area contributed by atoms with E-state index >= 15 is 0 Å². The molecule has 0 radical (unpaired) electrons. The Morgan fingerprint density at radius 2 is 1.52 bits per heavy atom. The van der Waals surface area contributed by atoms with Crippen molar-refractivity contribution >= 4 is 13.2 Å². The molecule has 1 aromatic carbocycles. The lowest BCUT2D eigenvalue weighted by Crippen LogP contribution is -2.41. The number of rotatable bonds is 7. The second kappa shape index (κ2) is 7.68. The molecule has 0 saturated carbocycles. The summed E-state index contributed by atoms with van der Waals surface area (Å²) in [5.74, 6) is 2.01. The predicted molar refractivity (Wildman–Crippen MR) is 99.4 cm³/mol. The van der Waals surface area contributed by atoms with Gasteiger partial charge in [-0.1, -0.05) is 62.5 Å². The van der Waals surface area contributed by atoms with Gasteiger partial charge in [0, 0.05) is 0 Å². The van der Waals surface area contributed by atoms with E-state index in [1.165, 1.54) is 43.2 Å². The molecule has 0 N–H and O–H groups in total. The number of hydrogen-bond donors (Lipinski definition) is 0. The molecular weight excluding hydrogens is 283 g/mol. The number of hydrogen-bond acceptors (Lipinski definition) is 2. The van der Waals surface area contributed by atoms with Gasteiger partial charge < -0.3 is 9.31 Å². The van der Waals surface area contributed by atoms with Crippen LogP contribution in [0.3, 0.4) is 0 Å². The highest BCUT2D eigenvalue weighted by molar-refractivity contribution is 6.52. The van der Waals surface area contributed by atoms with Crippen LogP contribution in [0.4, 0.5) is 0 Å². The monoisotopic (exact) mass is 314 g/mol. The molecule has 126 valence electrons. The van der Waals surface area contributed by atoms with E-state index in [1.807, 2.05) is 5.98 Å². The minimum atomic E-state index is -0.273. The fraction of sp³-hybridized carbons (Fsp3) is 0.600. The van der Waals surface area contributed by atoms with Crippen molar-refractivity contribution in [3.05, 3.63) is 41.4 Å². The van der Waals surface area contributed by atoms with Gasteiger partial charge in [-0.3, -0.25) is 0 Å². The van der Waals surface area contributed by atoms with Crippen molar-refractivity contribution in [3.63, 3.8) is 0 Å². The quantitative estimate of drug-likeness (QED) is 0.492. The van der Waals surface area contributed by atoms with Gasteiger partial charge in [0.25, 0.3) is 0 Å². The summed E-state index contributed by atoms with van der Waals surface area (Å²) in [7, 11) is -0.270. The van der Waals surface area contributed by atoms with E-state index in [2.05, 4.69) is 65.0 Å². The molecule has 0 bridgehead atoms. The zero-order chi connectivity index (χ0) is 16.9. The molecule has 0 spiro atoms. The van der Waals surface area contributed by atoms with Gasteiger partial charge in [0.2, 0.25) is 0 Å². The Kier molecular flexibility index (Phi) is 6.10. The van der Waals surface area contributed by atoms with E-state index in [0.29, 0.717) is 0 Å². The molecular formula is C20H31BO2. The molecule has 2 nitrogen and oxygen atoms in total. The Hall–Kier alpha value is -1.06. The first kappa shape index (κ1) is 18.3. The van der Waals surface area contributed by atoms with E-state index in [4.69, 9.17) is 9.31 Å². The lowest BCUT2D eigenvalue weighted by Gasteiger charge is -2.32. The van der Waals surface area contributed by atoms with Gasteiger partial charge in [-0.2, -0.15) is 0 Å². The summed E-state index contributed by atoms with van der Waals surface area (Å²) in [6.07, 6.45) is 8.53. The number of unbranched alkanes of at least 4 members (excludes halogenated alkanes) is 3. The highest BCUT2D eigenvalue weighted by atomic mass is 16.7. The summed E-state index contributed by atoms with van der Waals surface area (Å²) in [4.78, 5) is 0. The van der Waals surface area contributed by atoms with Gasteiger partial charge in [0.15, 0.2) is 0 Å². The topological polar surface area (TPSA) is 18.5 Å². The molecule has 2 rings (SSSR count). The molecule has 3 heteroatoms. The molecule has 1 aliphatic rings. The second-order valence-corrected chi connectivity index (χ2v) is 7.54. The van der Waals surface area contributed by atoms with Crippen LogP contribution < -0.4 is 0 Å². The van der Waals surface area contributed by atoms with E-state index in [0.717, 1.165) is 0 Å². The van der Waals surface area contributed by atoms with Crippen molar-refractivity contribution in [3.8, 4) is 0 Å². The maximum atomic E-state index is 5.98. The molecule has 0 aromatic heterocycles. The smallest absolute Gasteiger partial charge is 0.400 e. The van der Waals surface area contributed by atoms with Crippen LogP contribution in [0.1, 0.15) is 71.4 Å². The highest BCUT2D eigenvalue weighted by Crippen LogP contribution is 2.37. The van der Waals surface area contributed by atoms with Crippen LogP contribution >= 0.6 is 0 Å². The molecule has 1 heterocycles. The molecule has 1 aromatic rings. The lowest BCUT2D eigenvalue weighted by molar-refractivity contribution is 0.00578. The van der Waals surface area contributed by atoms with Crippen molar-refractivity contribution in [2.75, 3.05) is 0 Å². The summed E-state index contributed by atoms with van der Waals surface area (Å²) in [5.41, 5.74) is 2.07. The Morgan fingerprint density at radius 3 is 2.09 bits per heavy atom. The van der Waals surface area contributed by atoms with Gasteiger partial charge in [0.05, 0.1) is 11.2 Å². The van der Waals surface area contributed by atoms with Gasteiger partial charge in [0.1, 0.15) is 0 Å². The molecule has 1 saturated heterocycles. The van der Waals surface area contributed by atoms with Crippen molar-refractivity contribution in [2.24, 2.45) is 0 Å². The normalized spacial score (nSPS) is 19.6. The summed E-state index contributed by atoms with van der Waals surface area (Å²) in [6, 6.07) is 8.82.